The topological polar surface area (TPSA) is 104 Å². The van der Waals surface area contributed by atoms with Gasteiger partial charge in [-0.2, -0.15) is 0 Å². The molecule has 192 valence electrons. The Labute approximate surface area is 219 Å². The summed E-state index contributed by atoms with van der Waals surface area (Å²) in [6.45, 7) is 10.5. The van der Waals surface area contributed by atoms with E-state index in [1.165, 1.54) is 17.4 Å². The monoisotopic (exact) mass is 519 g/mol. The number of urea groups is 1. The van der Waals surface area contributed by atoms with E-state index in [-0.39, 0.29) is 30.0 Å². The lowest BCUT2D eigenvalue weighted by molar-refractivity contribution is -0.127. The number of aromatic nitrogens is 1. The van der Waals surface area contributed by atoms with Gasteiger partial charge >= 0.3 is 6.03 Å². The number of carbonyl (C=O) groups is 3. The van der Waals surface area contributed by atoms with Crippen LogP contribution in [0, 0.1) is 6.92 Å². The van der Waals surface area contributed by atoms with Gasteiger partial charge in [-0.1, -0.05) is 12.6 Å². The fourth-order valence-electron chi connectivity index (χ4n) is 4.83. The Morgan fingerprint density at radius 3 is 2.86 bits per heavy atom. The summed E-state index contributed by atoms with van der Waals surface area (Å²) in [5, 5.41) is 6.71. The molecule has 1 unspecified atom stereocenters. The van der Waals surface area contributed by atoms with Crippen LogP contribution in [0.4, 0.5) is 21.9 Å². The molecule has 1 aromatic carbocycles. The fraction of sp³-hybridized carbons (Fsp3) is 0.333. The summed E-state index contributed by atoms with van der Waals surface area (Å²) < 4.78 is 5.86. The summed E-state index contributed by atoms with van der Waals surface area (Å²) in [5.74, 6) is 0.232. The lowest BCUT2D eigenvalue weighted by atomic mass is 10.1. The summed E-state index contributed by atoms with van der Waals surface area (Å²) >= 11 is 1.24. The van der Waals surface area contributed by atoms with Gasteiger partial charge in [0, 0.05) is 31.4 Å². The molecule has 9 nitrogen and oxygen atoms in total. The van der Waals surface area contributed by atoms with Crippen molar-refractivity contribution in [3.8, 4) is 5.75 Å². The summed E-state index contributed by atoms with van der Waals surface area (Å²) in [6.07, 6.45) is 4.50. The zero-order valence-corrected chi connectivity index (χ0v) is 21.9. The number of ether oxygens (including phenoxy) is 1. The molecule has 3 aromatic rings. The number of amides is 4. The number of benzene rings is 1. The van der Waals surface area contributed by atoms with Crippen LogP contribution in [-0.2, 0) is 4.79 Å². The van der Waals surface area contributed by atoms with Crippen molar-refractivity contribution < 1.29 is 19.1 Å². The molecule has 0 aliphatic carbocycles. The van der Waals surface area contributed by atoms with Gasteiger partial charge in [-0.05, 0) is 57.4 Å². The molecule has 0 saturated carbocycles. The standard InChI is InChI=1S/C27H29N5O4S/c1-5-21(33)31-12-6-7-17(14-31)29-25(34)24-23-22-19(10-11-28-26(22)37-24)32(27(35)30-23)20-13-18(36-15(2)3)9-8-16(20)4/h5,8-11,13,15,17H,1,6-7,12,14H2,2-4H3,(H,29,34)(H,30,35). The molecule has 5 rings (SSSR count). The van der Waals surface area contributed by atoms with Crippen LogP contribution >= 0.6 is 11.3 Å². The first kappa shape index (κ1) is 24.8. The number of likely N-dealkylation sites (tertiary alicyclic amines) is 1. The highest BCUT2D eigenvalue weighted by atomic mass is 32.1. The maximum atomic E-state index is 13.5. The van der Waals surface area contributed by atoms with Crippen LogP contribution in [0.5, 0.6) is 5.75 Å². The maximum absolute atomic E-state index is 13.5. The van der Waals surface area contributed by atoms with Gasteiger partial charge in [0.25, 0.3) is 5.91 Å². The predicted molar refractivity (Wildman–Crippen MR) is 145 cm³/mol. The van der Waals surface area contributed by atoms with Gasteiger partial charge in [0.05, 0.1) is 28.6 Å². The average Bonchev–Trinajstić information content (AvgIpc) is 3.24. The molecule has 4 amide bonds. The van der Waals surface area contributed by atoms with Gasteiger partial charge in [-0.3, -0.25) is 14.5 Å². The first-order valence-electron chi connectivity index (χ1n) is 12.3. The third-order valence-electron chi connectivity index (χ3n) is 6.49. The van der Waals surface area contributed by atoms with Gasteiger partial charge in [-0.25, -0.2) is 9.78 Å². The highest BCUT2D eigenvalue weighted by molar-refractivity contribution is 7.21. The first-order chi connectivity index (χ1) is 17.8. The van der Waals surface area contributed by atoms with E-state index in [0.717, 1.165) is 23.8 Å². The summed E-state index contributed by atoms with van der Waals surface area (Å²) in [7, 11) is 0. The summed E-state index contributed by atoms with van der Waals surface area (Å²) in [6, 6.07) is 6.90. The highest BCUT2D eigenvalue weighted by Crippen LogP contribution is 2.46. The van der Waals surface area contributed by atoms with Gasteiger partial charge in [0.1, 0.15) is 15.5 Å². The molecular formula is C27H29N5O4S. The van der Waals surface area contributed by atoms with Crippen molar-refractivity contribution >= 4 is 56.5 Å². The molecular weight excluding hydrogens is 490 g/mol. The van der Waals surface area contributed by atoms with E-state index in [0.29, 0.717) is 45.6 Å². The van der Waals surface area contributed by atoms with E-state index in [1.807, 2.05) is 39.0 Å². The normalized spacial score (nSPS) is 17.1. The second-order valence-electron chi connectivity index (χ2n) is 9.50. The zero-order valence-electron chi connectivity index (χ0n) is 21.0. The Morgan fingerprint density at radius 1 is 1.30 bits per heavy atom. The molecule has 0 radical (unpaired) electrons. The molecule has 4 heterocycles. The number of pyridine rings is 1. The zero-order chi connectivity index (χ0) is 26.3. The molecule has 2 N–H and O–H groups in total. The summed E-state index contributed by atoms with van der Waals surface area (Å²) in [4.78, 5) is 47.7. The Morgan fingerprint density at radius 2 is 2.11 bits per heavy atom. The Hall–Kier alpha value is -3.92. The largest absolute Gasteiger partial charge is 0.491 e. The molecule has 1 saturated heterocycles. The predicted octanol–water partition coefficient (Wildman–Crippen LogP) is 4.98. The van der Waals surface area contributed by atoms with E-state index >= 15 is 0 Å². The van der Waals surface area contributed by atoms with E-state index in [1.54, 1.807) is 22.1 Å². The summed E-state index contributed by atoms with van der Waals surface area (Å²) in [5.41, 5.74) is 2.72. The van der Waals surface area contributed by atoms with E-state index in [9.17, 15) is 14.4 Å². The number of nitrogens with one attached hydrogen (secondary N) is 2. The molecule has 2 aliphatic heterocycles. The number of hydrogen-bond donors (Lipinski definition) is 2. The van der Waals surface area contributed by atoms with Crippen LogP contribution in [0.3, 0.4) is 0 Å². The Balaban J connectivity index is 1.49. The van der Waals surface area contributed by atoms with Crippen molar-refractivity contribution in [2.45, 2.75) is 45.8 Å². The van der Waals surface area contributed by atoms with Gasteiger partial charge in [-0.15, -0.1) is 11.3 Å². The average molecular weight is 520 g/mol. The maximum Gasteiger partial charge on any atom is 0.331 e. The second kappa shape index (κ2) is 9.85. The van der Waals surface area contributed by atoms with Crippen LogP contribution in [0.15, 0.2) is 43.1 Å². The lowest BCUT2D eigenvalue weighted by Gasteiger charge is -2.32. The van der Waals surface area contributed by atoms with Gasteiger partial charge in [0.15, 0.2) is 0 Å². The number of piperidine rings is 1. The number of carbonyl (C=O) groups excluding carboxylic acids is 3. The minimum absolute atomic E-state index is 0.00551. The van der Waals surface area contributed by atoms with Crippen LogP contribution in [0.2, 0.25) is 0 Å². The molecule has 2 aliphatic rings. The number of rotatable bonds is 6. The molecule has 37 heavy (non-hydrogen) atoms. The first-order valence-corrected chi connectivity index (χ1v) is 13.1. The van der Waals surface area contributed by atoms with Crippen LogP contribution < -0.4 is 20.3 Å². The molecule has 10 heteroatoms. The lowest BCUT2D eigenvalue weighted by Crippen LogP contribution is -2.49. The SMILES string of the molecule is C=CC(=O)N1CCCC(NC(=O)c2sc3nccc4c3c2NC(=O)N4c2cc(OC(C)C)ccc2C)C1. The molecule has 0 bridgehead atoms. The Kier molecular flexibility index (Phi) is 6.59. The fourth-order valence-corrected chi connectivity index (χ4v) is 5.86. The number of aryl methyl sites for hydroxylation is 1. The molecule has 1 fully saturated rings. The molecule has 2 aromatic heterocycles. The van der Waals surface area contributed by atoms with Crippen LogP contribution in [0.1, 0.15) is 41.9 Å². The quantitative estimate of drug-likeness (QED) is 0.447. The van der Waals surface area contributed by atoms with E-state index in [2.05, 4.69) is 22.2 Å². The second-order valence-corrected chi connectivity index (χ2v) is 10.5. The molecule has 0 spiro atoms. The van der Waals surface area contributed by atoms with Crippen molar-refractivity contribution in [3.63, 3.8) is 0 Å². The third kappa shape index (κ3) is 4.64. The van der Waals surface area contributed by atoms with E-state index in [4.69, 9.17) is 4.74 Å². The van der Waals surface area contributed by atoms with Crippen LogP contribution in [0.25, 0.3) is 10.2 Å². The number of thiophene rings is 1. The third-order valence-corrected chi connectivity index (χ3v) is 7.58. The number of anilines is 3. The number of hydrogen-bond acceptors (Lipinski definition) is 6. The number of nitrogens with zero attached hydrogens (tertiary/aromatic N) is 3. The van der Waals surface area contributed by atoms with Gasteiger partial charge < -0.3 is 20.3 Å². The Bertz CT molecular complexity index is 1420. The van der Waals surface area contributed by atoms with Crippen molar-refractivity contribution in [2.75, 3.05) is 23.3 Å². The van der Waals surface area contributed by atoms with Crippen molar-refractivity contribution in [1.29, 1.82) is 0 Å². The van der Waals surface area contributed by atoms with Gasteiger partial charge in [0.2, 0.25) is 5.91 Å². The van der Waals surface area contributed by atoms with Crippen LogP contribution in [-0.4, -0.2) is 53.0 Å². The van der Waals surface area contributed by atoms with E-state index < -0.39 is 0 Å². The van der Waals surface area contributed by atoms with Crippen molar-refractivity contribution in [2.24, 2.45) is 0 Å². The smallest absolute Gasteiger partial charge is 0.331 e. The van der Waals surface area contributed by atoms with Crippen molar-refractivity contribution in [1.82, 2.24) is 15.2 Å². The highest BCUT2D eigenvalue weighted by Gasteiger charge is 2.34. The minimum atomic E-state index is -0.363. The minimum Gasteiger partial charge on any atom is -0.491 e. The van der Waals surface area contributed by atoms with Crippen molar-refractivity contribution in [3.05, 3.63) is 53.6 Å². The molecule has 1 atom stereocenters.